The molecule has 2 bridgehead atoms. The average molecular weight is 1100 g/mol. The SMILES string of the molecule is COC(=O)N[C@H](C(=O)NN(Cc1c(F)cc(/C(C=N)=C/NC(F)F)cc1F)C[C@H](O)[C@H](Cc1ccc(C#Cc2ccc(N3CC4CCC(C3)N4C3COC3)nc2)cc1)NC(=O)[C@@H](NC(=O)OC)C(C)(C)C(F)(F)F)C(C)(C)C. The van der Waals surface area contributed by atoms with E-state index in [0.717, 1.165) is 76.3 Å². The van der Waals surface area contributed by atoms with Crippen LogP contribution in [0.5, 0.6) is 0 Å². The van der Waals surface area contributed by atoms with Crippen LogP contribution in [0.25, 0.3) is 5.57 Å². The Bertz CT molecular complexity index is 2670. The number of carbonyl (C=O) groups excluding carboxylic acids is 4. The van der Waals surface area contributed by atoms with Crippen molar-refractivity contribution < 1.29 is 69.2 Å². The third-order valence-corrected chi connectivity index (χ3v) is 14.0. The van der Waals surface area contributed by atoms with Crippen LogP contribution in [0.4, 0.5) is 46.1 Å². The van der Waals surface area contributed by atoms with Crippen molar-refractivity contribution in [1.82, 2.24) is 41.6 Å². The minimum atomic E-state index is -5.10. The average Bonchev–Trinajstić information content (AvgIpc) is 3.62. The summed E-state index contributed by atoms with van der Waals surface area (Å²) < 4.78 is 116. The molecule has 3 aliphatic rings. The van der Waals surface area contributed by atoms with E-state index < -0.39 is 102 Å². The van der Waals surface area contributed by atoms with Crippen molar-refractivity contribution in [2.24, 2.45) is 10.8 Å². The number of carbonyl (C=O) groups is 4. The number of piperazine rings is 1. The molecular formula is C53H65F7N10O8. The molecule has 6 atom stereocenters. The number of methoxy groups -OCH3 is 2. The summed E-state index contributed by atoms with van der Waals surface area (Å²) in [7, 11) is 1.91. The predicted octanol–water partition coefficient (Wildman–Crippen LogP) is 5.62. The van der Waals surface area contributed by atoms with E-state index in [0.29, 0.717) is 61.1 Å². The minimum absolute atomic E-state index is 0.336. The molecule has 3 aromatic rings. The van der Waals surface area contributed by atoms with Crippen molar-refractivity contribution in [3.8, 4) is 11.8 Å². The molecule has 0 aliphatic carbocycles. The third-order valence-electron chi connectivity index (χ3n) is 14.0. The zero-order valence-electron chi connectivity index (χ0n) is 44.1. The van der Waals surface area contributed by atoms with Crippen molar-refractivity contribution >= 4 is 41.6 Å². The van der Waals surface area contributed by atoms with Gasteiger partial charge in [0.15, 0.2) is 0 Å². The van der Waals surface area contributed by atoms with Crippen LogP contribution in [-0.4, -0.2) is 152 Å². The van der Waals surface area contributed by atoms with Crippen LogP contribution in [0.3, 0.4) is 0 Å². The van der Waals surface area contributed by atoms with Crippen LogP contribution in [0.2, 0.25) is 0 Å². The van der Waals surface area contributed by atoms with E-state index in [1.54, 1.807) is 56.6 Å². The number of anilines is 1. The van der Waals surface area contributed by atoms with E-state index in [-0.39, 0.29) is 17.6 Å². The number of alkyl halides is 5. The Morgan fingerprint density at radius 1 is 0.859 bits per heavy atom. The number of benzene rings is 2. The first-order chi connectivity index (χ1) is 36.7. The summed E-state index contributed by atoms with van der Waals surface area (Å²) >= 11 is 0. The van der Waals surface area contributed by atoms with E-state index in [9.17, 15) is 46.2 Å². The minimum Gasteiger partial charge on any atom is -0.453 e. The maximum atomic E-state index is 16.0. The van der Waals surface area contributed by atoms with Gasteiger partial charge in [0.05, 0.1) is 51.0 Å². The number of aliphatic hydroxyl groups is 1. The van der Waals surface area contributed by atoms with E-state index in [2.05, 4.69) is 47.2 Å². The highest BCUT2D eigenvalue weighted by Crippen LogP contribution is 2.41. The number of ether oxygens (including phenoxy) is 3. The lowest BCUT2D eigenvalue weighted by molar-refractivity contribution is -0.220. The number of alkyl carbamates (subject to hydrolysis) is 2. The molecule has 3 saturated heterocycles. The Labute approximate surface area is 447 Å². The van der Waals surface area contributed by atoms with Crippen molar-refractivity contribution in [2.45, 2.75) is 116 Å². The normalized spacial score (nSPS) is 18.6. The van der Waals surface area contributed by atoms with E-state index >= 15 is 8.78 Å². The second-order valence-corrected chi connectivity index (χ2v) is 20.9. The quantitative estimate of drug-likeness (QED) is 0.0241. The number of fused-ring (bicyclic) bond motifs is 2. The highest BCUT2D eigenvalue weighted by atomic mass is 19.4. The van der Waals surface area contributed by atoms with Crippen molar-refractivity contribution in [1.29, 1.82) is 5.41 Å². The molecule has 3 aliphatic heterocycles. The fraction of sp³-hybridized carbons (Fsp3) is 0.509. The first-order valence-corrected chi connectivity index (χ1v) is 24.9. The smallest absolute Gasteiger partial charge is 0.407 e. The van der Waals surface area contributed by atoms with Gasteiger partial charge in [0.25, 0.3) is 5.91 Å². The molecule has 2 unspecified atom stereocenters. The fourth-order valence-corrected chi connectivity index (χ4v) is 9.40. The number of rotatable bonds is 20. The van der Waals surface area contributed by atoms with E-state index in [1.807, 2.05) is 17.4 Å². The number of allylic oxidation sites excluding steroid dienone is 1. The molecule has 4 amide bonds. The lowest BCUT2D eigenvalue weighted by Crippen LogP contribution is -2.63. The predicted molar refractivity (Wildman–Crippen MR) is 273 cm³/mol. The van der Waals surface area contributed by atoms with Crippen LogP contribution < -0.4 is 31.6 Å². The summed E-state index contributed by atoms with van der Waals surface area (Å²) in [6.45, 7) is 4.48. The highest BCUT2D eigenvalue weighted by Gasteiger charge is 2.56. The van der Waals surface area contributed by atoms with Gasteiger partial charge in [-0.15, -0.1) is 0 Å². The standard InChI is InChI=1S/C53H65F7N10O8/c1-51(2,3)44(65-49(74)76-6)47(73)67-69(26-38-39(54)19-33(20-40(38)55)34(21-61)23-63-48(56)57)27-42(71)41(64-46(72)45(66-50(75)77-7)52(4,5)53(58,59)60)18-31-11-8-30(9-12-31)10-13-32-14-17-43(62-22-32)68-24-35-15-16-36(25-68)70(35)37-28-78-29-37/h8-9,11-12,14,17,19-23,35-37,41-42,44-45,48,61,63,71H,15-16,18,24-29H2,1-7H3,(H,64,72)(H,65,74)(H,66,75)(H,67,73)/b34-23+,61-21?/t35?,36?,41-,42-,44+,45+/m0/s1. The number of nitrogens with zero attached hydrogens (tertiary/aromatic N) is 4. The summed E-state index contributed by atoms with van der Waals surface area (Å²) in [6.07, 6.45) is -4.61. The van der Waals surface area contributed by atoms with E-state index in [1.165, 1.54) is 0 Å². The summed E-state index contributed by atoms with van der Waals surface area (Å²) in [5.74, 6) is 1.98. The molecule has 0 radical (unpaired) electrons. The van der Waals surface area contributed by atoms with Crippen LogP contribution >= 0.6 is 0 Å². The van der Waals surface area contributed by atoms with Crippen molar-refractivity contribution in [2.75, 3.05) is 52.0 Å². The van der Waals surface area contributed by atoms with Gasteiger partial charge in [0, 0.05) is 79.1 Å². The monoisotopic (exact) mass is 1100 g/mol. The lowest BCUT2D eigenvalue weighted by atomic mass is 9.82. The first kappa shape index (κ1) is 60.2. The van der Waals surface area contributed by atoms with Gasteiger partial charge in [-0.25, -0.2) is 28.4 Å². The molecule has 7 N–H and O–H groups in total. The van der Waals surface area contributed by atoms with Gasteiger partial charge in [0.2, 0.25) is 5.91 Å². The maximum absolute atomic E-state index is 16.0. The van der Waals surface area contributed by atoms with Crippen LogP contribution in [0, 0.1) is 39.7 Å². The van der Waals surface area contributed by atoms with Gasteiger partial charge in [-0.2, -0.15) is 22.0 Å². The molecular weight excluding hydrogens is 1040 g/mol. The molecule has 3 fully saturated rings. The van der Waals surface area contributed by atoms with Crippen molar-refractivity contribution in [3.63, 3.8) is 0 Å². The summed E-state index contributed by atoms with van der Waals surface area (Å²) in [6, 6.07) is 7.66. The molecule has 1 aromatic heterocycles. The summed E-state index contributed by atoms with van der Waals surface area (Å²) in [5, 5.41) is 28.9. The van der Waals surface area contributed by atoms with Crippen LogP contribution in [0.1, 0.15) is 75.3 Å². The number of amides is 4. The largest absolute Gasteiger partial charge is 0.453 e. The lowest BCUT2D eigenvalue weighted by Gasteiger charge is -2.47. The number of hydrogen-bond donors (Lipinski definition) is 7. The Hall–Kier alpha value is -7.01. The zero-order chi connectivity index (χ0) is 57.3. The fourth-order valence-electron chi connectivity index (χ4n) is 9.40. The van der Waals surface area contributed by atoms with E-state index in [4.69, 9.17) is 15.1 Å². The molecule has 25 heteroatoms. The number of pyridine rings is 1. The number of halogens is 7. The number of aromatic nitrogens is 1. The van der Waals surface area contributed by atoms with Gasteiger partial charge in [-0.05, 0) is 86.1 Å². The third kappa shape index (κ3) is 15.2. The Morgan fingerprint density at radius 3 is 1.94 bits per heavy atom. The Kier molecular flexibility index (Phi) is 19.8. The molecule has 0 saturated carbocycles. The maximum Gasteiger partial charge on any atom is 0.407 e. The second-order valence-electron chi connectivity index (χ2n) is 20.9. The number of nitrogens with one attached hydrogen (secondary N) is 6. The number of hydrazine groups is 1. The Morgan fingerprint density at radius 2 is 1.44 bits per heavy atom. The molecule has 0 spiro atoms. The van der Waals surface area contributed by atoms with Gasteiger partial charge in [0.1, 0.15) is 29.5 Å². The number of hydrogen-bond acceptors (Lipinski definition) is 14. The summed E-state index contributed by atoms with van der Waals surface area (Å²) in [4.78, 5) is 62.6. The molecule has 78 heavy (non-hydrogen) atoms. The van der Waals surface area contributed by atoms with Gasteiger partial charge in [-0.1, -0.05) is 44.7 Å². The van der Waals surface area contributed by atoms with Crippen molar-refractivity contribution in [3.05, 3.63) is 100 Å². The molecule has 424 valence electrons. The second kappa shape index (κ2) is 25.6. The number of aliphatic hydroxyl groups excluding tert-OH is 1. The highest BCUT2D eigenvalue weighted by molar-refractivity contribution is 6.08. The van der Waals surface area contributed by atoms with Gasteiger partial charge in [-0.3, -0.25) is 19.9 Å². The first-order valence-electron chi connectivity index (χ1n) is 24.9. The van der Waals surface area contributed by atoms with Gasteiger partial charge >= 0.3 is 24.9 Å². The van der Waals surface area contributed by atoms with Crippen LogP contribution in [-0.2, 0) is 36.8 Å². The zero-order valence-corrected chi connectivity index (χ0v) is 44.1. The molecule has 18 nitrogen and oxygen atoms in total. The molecule has 4 heterocycles. The van der Waals surface area contributed by atoms with Crippen LogP contribution in [0.15, 0.2) is 60.9 Å². The topological polar surface area (TPSA) is 223 Å². The summed E-state index contributed by atoms with van der Waals surface area (Å²) in [5.41, 5.74) is -1.47. The van der Waals surface area contributed by atoms with Gasteiger partial charge < -0.3 is 50.9 Å². The Balaban J connectivity index is 1.29. The molecule has 6 rings (SSSR count). The molecule has 2 aromatic carbocycles.